The number of allylic oxidation sites excluding steroid dienone is 2. The van der Waals surface area contributed by atoms with Gasteiger partial charge in [-0.15, -0.1) is 5.10 Å². The second-order valence-electron chi connectivity index (χ2n) is 6.65. The van der Waals surface area contributed by atoms with Gasteiger partial charge in [0.25, 0.3) is 0 Å². The van der Waals surface area contributed by atoms with E-state index in [2.05, 4.69) is 51.8 Å². The molecule has 0 fully saturated rings. The van der Waals surface area contributed by atoms with Crippen LogP contribution in [0.4, 0.5) is 5.95 Å². The summed E-state index contributed by atoms with van der Waals surface area (Å²) in [6.45, 7) is 0. The normalized spacial score (nSPS) is 21.7. The molecule has 2 aromatic carbocycles. The van der Waals surface area contributed by atoms with Crippen LogP contribution in [0.1, 0.15) is 24.4 Å². The van der Waals surface area contributed by atoms with Gasteiger partial charge in [-0.2, -0.15) is 4.98 Å². The van der Waals surface area contributed by atoms with E-state index >= 15 is 0 Å². The van der Waals surface area contributed by atoms with Crippen LogP contribution in [-0.4, -0.2) is 26.8 Å². The summed E-state index contributed by atoms with van der Waals surface area (Å²) in [5.74, 6) is 0.739. The van der Waals surface area contributed by atoms with Crippen LogP contribution in [0.2, 0.25) is 0 Å². The lowest BCUT2D eigenvalue weighted by atomic mass is 9.79. The van der Waals surface area contributed by atoms with Crippen molar-refractivity contribution >= 4 is 34.3 Å². The largest absolute Gasteiger partial charge is 0.328 e. The maximum atomic E-state index is 12.9. The highest BCUT2D eigenvalue weighted by atomic mass is 32.2. The maximum Gasteiger partial charge on any atom is 0.227 e. The number of benzene rings is 2. The number of nitrogens with zero attached hydrogens (tertiary/aromatic N) is 3. The predicted molar refractivity (Wildman–Crippen MR) is 103 cm³/mol. The molecule has 1 aliphatic heterocycles. The van der Waals surface area contributed by atoms with Gasteiger partial charge in [-0.1, -0.05) is 60.3 Å². The van der Waals surface area contributed by atoms with Crippen molar-refractivity contribution in [1.82, 2.24) is 14.8 Å². The fraction of sp³-hybridized carbons (Fsp3) is 0.250. The lowest BCUT2D eigenvalue weighted by molar-refractivity contribution is -0.123. The Hall–Kier alpha value is -2.60. The van der Waals surface area contributed by atoms with E-state index in [9.17, 15) is 4.79 Å². The van der Waals surface area contributed by atoms with Crippen molar-refractivity contribution in [2.24, 2.45) is 5.92 Å². The predicted octanol–water partition coefficient (Wildman–Crippen LogP) is 4.03. The van der Waals surface area contributed by atoms with E-state index in [1.807, 2.05) is 23.1 Å². The van der Waals surface area contributed by atoms with Gasteiger partial charge in [0.15, 0.2) is 0 Å². The molecule has 5 rings (SSSR count). The molecule has 2 atom stereocenters. The zero-order chi connectivity index (χ0) is 17.7. The maximum absolute atomic E-state index is 12.9. The van der Waals surface area contributed by atoms with Gasteiger partial charge in [0, 0.05) is 12.1 Å². The van der Waals surface area contributed by atoms with Gasteiger partial charge in [0.1, 0.15) is 5.78 Å². The molecule has 0 radical (unpaired) electrons. The van der Waals surface area contributed by atoms with E-state index < -0.39 is 0 Å². The Morgan fingerprint density at radius 1 is 1.19 bits per heavy atom. The van der Waals surface area contributed by atoms with E-state index in [-0.39, 0.29) is 17.7 Å². The molecule has 1 aromatic heterocycles. The molecule has 3 aromatic rings. The molecule has 1 aliphatic carbocycles. The number of carbonyl (C=O) groups excluding carboxylic acids is 1. The number of nitrogens with one attached hydrogen (secondary N) is 1. The molecule has 0 saturated heterocycles. The highest BCUT2D eigenvalue weighted by Gasteiger charge is 2.42. The van der Waals surface area contributed by atoms with Crippen LogP contribution in [0, 0.1) is 5.92 Å². The number of Topliss-reactive ketones (excluding diaryl/α,β-unsaturated/α-hetero) is 1. The van der Waals surface area contributed by atoms with Crippen molar-refractivity contribution in [2.45, 2.75) is 24.0 Å². The minimum Gasteiger partial charge on any atom is -0.328 e. The third-order valence-electron chi connectivity index (χ3n) is 5.21. The first kappa shape index (κ1) is 15.6. The summed E-state index contributed by atoms with van der Waals surface area (Å²) < 4.78 is 1.90. The number of hydrogen-bond donors (Lipinski definition) is 1. The minimum atomic E-state index is -0.238. The van der Waals surface area contributed by atoms with Gasteiger partial charge in [-0.3, -0.25) is 4.79 Å². The molecule has 130 valence electrons. The summed E-state index contributed by atoms with van der Waals surface area (Å²) in [6, 6.07) is 14.4. The van der Waals surface area contributed by atoms with Crippen LogP contribution in [0.5, 0.6) is 0 Å². The van der Waals surface area contributed by atoms with Crippen LogP contribution in [0.3, 0.4) is 0 Å². The molecular weight excluding hydrogens is 344 g/mol. The van der Waals surface area contributed by atoms with Gasteiger partial charge in [-0.25, -0.2) is 4.68 Å². The molecule has 0 amide bonds. The van der Waals surface area contributed by atoms with Gasteiger partial charge < -0.3 is 5.32 Å². The van der Waals surface area contributed by atoms with Crippen molar-refractivity contribution in [2.75, 3.05) is 11.6 Å². The van der Waals surface area contributed by atoms with Crippen molar-refractivity contribution in [3.63, 3.8) is 0 Å². The van der Waals surface area contributed by atoms with Gasteiger partial charge in [0.2, 0.25) is 11.1 Å². The Labute approximate surface area is 155 Å². The van der Waals surface area contributed by atoms with Crippen molar-refractivity contribution < 1.29 is 4.79 Å². The van der Waals surface area contributed by atoms with E-state index in [4.69, 9.17) is 0 Å². The zero-order valence-corrected chi connectivity index (χ0v) is 15.2. The number of carbonyl (C=O) groups is 1. The summed E-state index contributed by atoms with van der Waals surface area (Å²) in [4.78, 5) is 17.5. The van der Waals surface area contributed by atoms with Crippen LogP contribution in [0.15, 0.2) is 59.4 Å². The van der Waals surface area contributed by atoms with Gasteiger partial charge in [0.05, 0.1) is 12.0 Å². The number of aromatic nitrogens is 3. The highest BCUT2D eigenvalue weighted by Crippen LogP contribution is 2.43. The SMILES string of the molecule is CSc1nc2n(n1)[C@@H](c1cccc3ccccc13)[C@@H]1C(=O)CCC=C1N2. The van der Waals surface area contributed by atoms with Gasteiger partial charge >= 0.3 is 0 Å². The average Bonchev–Trinajstić information content (AvgIpc) is 3.09. The number of rotatable bonds is 2. The summed E-state index contributed by atoms with van der Waals surface area (Å²) in [5.41, 5.74) is 2.08. The first-order chi connectivity index (χ1) is 12.8. The Balaban J connectivity index is 1.79. The van der Waals surface area contributed by atoms with Crippen LogP contribution in [-0.2, 0) is 4.79 Å². The quantitative estimate of drug-likeness (QED) is 0.698. The number of hydrogen-bond acceptors (Lipinski definition) is 5. The Morgan fingerprint density at radius 2 is 2.04 bits per heavy atom. The minimum absolute atomic E-state index is 0.176. The molecule has 2 aliphatic rings. The molecule has 0 bridgehead atoms. The molecular formula is C20H18N4OS. The monoisotopic (exact) mass is 362 g/mol. The zero-order valence-electron chi connectivity index (χ0n) is 14.3. The lowest BCUT2D eigenvalue weighted by Gasteiger charge is -2.36. The molecule has 0 unspecified atom stereocenters. The smallest absolute Gasteiger partial charge is 0.227 e. The standard InChI is InChI=1S/C20H18N4OS/c1-26-20-22-19-21-15-10-5-11-16(25)17(15)18(24(19)23-20)14-9-4-7-12-6-2-3-8-13(12)14/h2-4,6-10,17-18H,5,11H2,1H3,(H,21,22,23)/t17-,18-/m0/s1. The van der Waals surface area contributed by atoms with Crippen LogP contribution >= 0.6 is 11.8 Å². The van der Waals surface area contributed by atoms with Crippen molar-refractivity contribution in [3.05, 3.63) is 59.8 Å². The van der Waals surface area contributed by atoms with E-state index in [1.54, 1.807) is 0 Å². The fourth-order valence-corrected chi connectivity index (χ4v) is 4.41. The number of anilines is 1. The van der Waals surface area contributed by atoms with E-state index in [0.717, 1.165) is 23.1 Å². The summed E-state index contributed by atoms with van der Waals surface area (Å²) >= 11 is 1.51. The molecule has 6 heteroatoms. The summed E-state index contributed by atoms with van der Waals surface area (Å²) in [6.07, 6.45) is 5.47. The van der Waals surface area contributed by atoms with Crippen molar-refractivity contribution in [3.8, 4) is 0 Å². The molecule has 2 heterocycles. The lowest BCUT2D eigenvalue weighted by Crippen LogP contribution is -2.38. The third kappa shape index (κ3) is 2.29. The summed E-state index contributed by atoms with van der Waals surface area (Å²) in [7, 11) is 0. The molecule has 1 N–H and O–H groups in total. The van der Waals surface area contributed by atoms with Gasteiger partial charge in [-0.05, 0) is 29.0 Å². The number of thioether (sulfide) groups is 1. The van der Waals surface area contributed by atoms with E-state index in [1.165, 1.54) is 17.1 Å². The average molecular weight is 362 g/mol. The van der Waals surface area contributed by atoms with Crippen LogP contribution in [0.25, 0.3) is 10.8 Å². The summed E-state index contributed by atoms with van der Waals surface area (Å²) in [5, 5.41) is 11.1. The topological polar surface area (TPSA) is 59.8 Å². The molecule has 5 nitrogen and oxygen atoms in total. The second kappa shape index (κ2) is 5.99. The Kier molecular flexibility index (Phi) is 3.60. The third-order valence-corrected chi connectivity index (χ3v) is 5.75. The fourth-order valence-electron chi connectivity index (χ4n) is 4.06. The Bertz CT molecular complexity index is 1050. The first-order valence-electron chi connectivity index (χ1n) is 8.74. The number of fused-ring (bicyclic) bond motifs is 3. The highest BCUT2D eigenvalue weighted by molar-refractivity contribution is 7.98. The number of ketones is 1. The molecule has 0 spiro atoms. The molecule has 0 saturated carbocycles. The Morgan fingerprint density at radius 3 is 2.92 bits per heavy atom. The van der Waals surface area contributed by atoms with Crippen molar-refractivity contribution in [1.29, 1.82) is 0 Å². The van der Waals surface area contributed by atoms with E-state index in [0.29, 0.717) is 17.5 Å². The first-order valence-corrected chi connectivity index (χ1v) is 9.97. The van der Waals surface area contributed by atoms with Crippen LogP contribution < -0.4 is 5.32 Å². The second-order valence-corrected chi connectivity index (χ2v) is 7.42. The molecule has 26 heavy (non-hydrogen) atoms.